The molecule has 0 radical (unpaired) electrons. The van der Waals surface area contributed by atoms with Gasteiger partial charge in [0.2, 0.25) is 5.91 Å². The number of benzene rings is 1. The summed E-state index contributed by atoms with van der Waals surface area (Å²) in [4.78, 5) is 11.7. The molecular formula is C14H22N2O. The van der Waals surface area contributed by atoms with Gasteiger partial charge >= 0.3 is 0 Å². The fourth-order valence-electron chi connectivity index (χ4n) is 1.82. The predicted molar refractivity (Wildman–Crippen MR) is 70.7 cm³/mol. The maximum Gasteiger partial charge on any atom is 0.234 e. The molecule has 0 saturated carbocycles. The highest BCUT2D eigenvalue weighted by Gasteiger charge is 2.27. The van der Waals surface area contributed by atoms with Crippen LogP contribution in [0.3, 0.4) is 0 Å². The van der Waals surface area contributed by atoms with Crippen molar-refractivity contribution in [3.63, 3.8) is 0 Å². The van der Waals surface area contributed by atoms with E-state index in [1.807, 2.05) is 18.2 Å². The second-order valence-electron chi connectivity index (χ2n) is 5.31. The monoisotopic (exact) mass is 234 g/mol. The summed E-state index contributed by atoms with van der Waals surface area (Å²) in [6, 6.07) is 10.1. The van der Waals surface area contributed by atoms with Gasteiger partial charge in [-0.05, 0) is 18.0 Å². The van der Waals surface area contributed by atoms with Gasteiger partial charge in [-0.1, -0.05) is 51.1 Å². The average Bonchev–Trinajstić information content (AvgIpc) is 2.26. The average molecular weight is 234 g/mol. The van der Waals surface area contributed by atoms with Crippen molar-refractivity contribution in [1.82, 2.24) is 10.6 Å². The Kier molecular flexibility index (Phi) is 4.70. The Morgan fingerprint density at radius 3 is 2.29 bits per heavy atom. The largest absolute Gasteiger partial charge is 0.348 e. The summed E-state index contributed by atoms with van der Waals surface area (Å²) in [6.07, 6.45) is 0. The molecule has 3 heteroatoms. The van der Waals surface area contributed by atoms with Crippen LogP contribution in [0.15, 0.2) is 30.3 Å². The SMILES string of the molecule is CNCC(=O)NC(c1ccccc1)C(C)(C)C. The Morgan fingerprint density at radius 2 is 1.82 bits per heavy atom. The number of amides is 1. The molecule has 0 spiro atoms. The Balaban J connectivity index is 2.87. The molecule has 17 heavy (non-hydrogen) atoms. The van der Waals surface area contributed by atoms with Crippen molar-refractivity contribution in [3.8, 4) is 0 Å². The lowest BCUT2D eigenvalue weighted by atomic mass is 9.82. The zero-order valence-electron chi connectivity index (χ0n) is 11.1. The summed E-state index contributed by atoms with van der Waals surface area (Å²) in [5, 5.41) is 5.94. The van der Waals surface area contributed by atoms with Crippen LogP contribution in [0.4, 0.5) is 0 Å². The molecule has 0 aliphatic carbocycles. The maximum absolute atomic E-state index is 11.7. The lowest BCUT2D eigenvalue weighted by molar-refractivity contribution is -0.121. The third-order valence-corrected chi connectivity index (χ3v) is 2.64. The highest BCUT2D eigenvalue weighted by molar-refractivity contribution is 5.78. The van der Waals surface area contributed by atoms with Gasteiger partial charge in [-0.15, -0.1) is 0 Å². The summed E-state index contributed by atoms with van der Waals surface area (Å²) >= 11 is 0. The van der Waals surface area contributed by atoms with Crippen LogP contribution in [0.25, 0.3) is 0 Å². The standard InChI is InChI=1S/C14H22N2O/c1-14(2,3)13(16-12(17)10-15-4)11-8-6-5-7-9-11/h5-9,13,15H,10H2,1-4H3,(H,16,17). The van der Waals surface area contributed by atoms with Crippen LogP contribution < -0.4 is 10.6 Å². The topological polar surface area (TPSA) is 41.1 Å². The molecule has 3 nitrogen and oxygen atoms in total. The van der Waals surface area contributed by atoms with Crippen molar-refractivity contribution in [3.05, 3.63) is 35.9 Å². The molecular weight excluding hydrogens is 212 g/mol. The van der Waals surface area contributed by atoms with E-state index in [-0.39, 0.29) is 17.4 Å². The minimum atomic E-state index is -0.00917. The molecule has 1 aromatic carbocycles. The fraction of sp³-hybridized carbons (Fsp3) is 0.500. The van der Waals surface area contributed by atoms with Crippen LogP contribution in [0, 0.1) is 5.41 Å². The highest BCUT2D eigenvalue weighted by Crippen LogP contribution is 2.32. The summed E-state index contributed by atoms with van der Waals surface area (Å²) in [5.74, 6) is 0.0243. The third-order valence-electron chi connectivity index (χ3n) is 2.64. The van der Waals surface area contributed by atoms with Gasteiger partial charge in [-0.2, -0.15) is 0 Å². The van der Waals surface area contributed by atoms with Crippen molar-refractivity contribution in [2.75, 3.05) is 13.6 Å². The molecule has 1 amide bonds. The van der Waals surface area contributed by atoms with E-state index < -0.39 is 0 Å². The van der Waals surface area contributed by atoms with Gasteiger partial charge in [-0.25, -0.2) is 0 Å². The van der Waals surface area contributed by atoms with Gasteiger partial charge in [0.05, 0.1) is 12.6 Å². The van der Waals surface area contributed by atoms with Crippen LogP contribution >= 0.6 is 0 Å². The first-order chi connectivity index (χ1) is 7.95. The van der Waals surface area contributed by atoms with E-state index in [0.717, 1.165) is 5.56 Å². The fourth-order valence-corrected chi connectivity index (χ4v) is 1.82. The van der Waals surface area contributed by atoms with Gasteiger partial charge in [0, 0.05) is 0 Å². The van der Waals surface area contributed by atoms with Crippen molar-refractivity contribution in [2.45, 2.75) is 26.8 Å². The Bertz CT molecular complexity index is 354. The van der Waals surface area contributed by atoms with Crippen molar-refractivity contribution >= 4 is 5.91 Å². The predicted octanol–water partition coefficient (Wildman–Crippen LogP) is 2.11. The van der Waals surface area contributed by atoms with Crippen molar-refractivity contribution in [1.29, 1.82) is 0 Å². The quantitative estimate of drug-likeness (QED) is 0.837. The van der Waals surface area contributed by atoms with Gasteiger partial charge in [-0.3, -0.25) is 4.79 Å². The minimum absolute atomic E-state index is 0.00917. The molecule has 0 aromatic heterocycles. The van der Waals surface area contributed by atoms with E-state index in [1.165, 1.54) is 0 Å². The Morgan fingerprint density at radius 1 is 1.24 bits per heavy atom. The Labute approximate surface area is 104 Å². The number of rotatable bonds is 4. The smallest absolute Gasteiger partial charge is 0.234 e. The number of hydrogen-bond acceptors (Lipinski definition) is 2. The summed E-state index contributed by atoms with van der Waals surface area (Å²) in [7, 11) is 1.77. The summed E-state index contributed by atoms with van der Waals surface area (Å²) in [5.41, 5.74) is 1.13. The number of hydrogen-bond donors (Lipinski definition) is 2. The molecule has 1 aromatic rings. The number of carbonyl (C=O) groups excluding carboxylic acids is 1. The summed E-state index contributed by atoms with van der Waals surface area (Å²) in [6.45, 7) is 6.73. The maximum atomic E-state index is 11.7. The lowest BCUT2D eigenvalue weighted by Gasteiger charge is -2.32. The molecule has 0 heterocycles. The molecule has 1 rings (SSSR count). The molecule has 0 saturated heterocycles. The van der Waals surface area contributed by atoms with E-state index in [4.69, 9.17) is 0 Å². The molecule has 0 aliphatic rings. The van der Waals surface area contributed by atoms with E-state index in [2.05, 4.69) is 43.5 Å². The van der Waals surface area contributed by atoms with Crippen molar-refractivity contribution < 1.29 is 4.79 Å². The first-order valence-corrected chi connectivity index (χ1v) is 5.94. The number of nitrogens with one attached hydrogen (secondary N) is 2. The highest BCUT2D eigenvalue weighted by atomic mass is 16.1. The van der Waals surface area contributed by atoms with E-state index >= 15 is 0 Å². The van der Waals surface area contributed by atoms with Crippen LogP contribution in [0.1, 0.15) is 32.4 Å². The van der Waals surface area contributed by atoms with E-state index in [1.54, 1.807) is 7.05 Å². The molecule has 2 N–H and O–H groups in total. The summed E-state index contributed by atoms with van der Waals surface area (Å²) < 4.78 is 0. The molecule has 0 bridgehead atoms. The van der Waals surface area contributed by atoms with E-state index in [0.29, 0.717) is 6.54 Å². The molecule has 1 atom stereocenters. The first kappa shape index (κ1) is 13.7. The zero-order valence-corrected chi connectivity index (χ0v) is 11.1. The Hall–Kier alpha value is -1.35. The van der Waals surface area contributed by atoms with Gasteiger partial charge in [0.25, 0.3) is 0 Å². The minimum Gasteiger partial charge on any atom is -0.348 e. The zero-order chi connectivity index (χ0) is 12.9. The number of carbonyl (C=O) groups is 1. The van der Waals surface area contributed by atoms with Crippen LogP contribution in [-0.4, -0.2) is 19.5 Å². The molecule has 0 fully saturated rings. The second kappa shape index (κ2) is 5.82. The van der Waals surface area contributed by atoms with Gasteiger partial charge in [0.15, 0.2) is 0 Å². The van der Waals surface area contributed by atoms with Crippen LogP contribution in [-0.2, 0) is 4.79 Å². The van der Waals surface area contributed by atoms with Gasteiger partial charge < -0.3 is 10.6 Å². The lowest BCUT2D eigenvalue weighted by Crippen LogP contribution is -2.40. The molecule has 1 unspecified atom stereocenters. The van der Waals surface area contributed by atoms with Crippen molar-refractivity contribution in [2.24, 2.45) is 5.41 Å². The molecule has 0 aliphatic heterocycles. The van der Waals surface area contributed by atoms with Crippen LogP contribution in [0.5, 0.6) is 0 Å². The third kappa shape index (κ3) is 4.19. The normalized spacial score (nSPS) is 13.2. The van der Waals surface area contributed by atoms with Crippen LogP contribution in [0.2, 0.25) is 0 Å². The number of likely N-dealkylation sites (N-methyl/N-ethyl adjacent to an activating group) is 1. The first-order valence-electron chi connectivity index (χ1n) is 5.94. The van der Waals surface area contributed by atoms with E-state index in [9.17, 15) is 4.79 Å². The van der Waals surface area contributed by atoms with Gasteiger partial charge in [0.1, 0.15) is 0 Å². The second-order valence-corrected chi connectivity index (χ2v) is 5.31. The molecule has 94 valence electrons.